The first-order valence-corrected chi connectivity index (χ1v) is 5.77. The quantitative estimate of drug-likeness (QED) is 0.433. The molecule has 5 heteroatoms. The average Bonchev–Trinajstić information content (AvgIpc) is 2.35. The van der Waals surface area contributed by atoms with E-state index in [0.717, 1.165) is 12.0 Å². The van der Waals surface area contributed by atoms with Gasteiger partial charge in [0.15, 0.2) is 0 Å². The summed E-state index contributed by atoms with van der Waals surface area (Å²) in [6.07, 6.45) is 1.54. The van der Waals surface area contributed by atoms with Gasteiger partial charge >= 0.3 is 0 Å². The summed E-state index contributed by atoms with van der Waals surface area (Å²) in [6.45, 7) is 2.88. The van der Waals surface area contributed by atoms with Crippen LogP contribution in [0.3, 0.4) is 0 Å². The Morgan fingerprint density at radius 2 is 2.29 bits per heavy atom. The van der Waals surface area contributed by atoms with Crippen molar-refractivity contribution in [1.82, 2.24) is 5.32 Å². The monoisotopic (exact) mass is 238 g/mol. The predicted octanol–water partition coefficient (Wildman–Crippen LogP) is 2.02. The van der Waals surface area contributed by atoms with E-state index in [-0.39, 0.29) is 23.3 Å². The van der Waals surface area contributed by atoms with Crippen LogP contribution in [0, 0.1) is 10.1 Å². The first kappa shape index (κ1) is 13.6. The van der Waals surface area contributed by atoms with Crippen LogP contribution in [-0.2, 0) is 0 Å². The van der Waals surface area contributed by atoms with Gasteiger partial charge in [0.05, 0.1) is 4.92 Å². The lowest BCUT2D eigenvalue weighted by molar-refractivity contribution is -0.384. The summed E-state index contributed by atoms with van der Waals surface area (Å²) in [5.41, 5.74) is 1.03. The summed E-state index contributed by atoms with van der Waals surface area (Å²) in [5, 5.41) is 22.7. The number of nitro benzene ring substituents is 1. The Labute approximate surface area is 101 Å². The zero-order valence-electron chi connectivity index (χ0n) is 9.93. The van der Waals surface area contributed by atoms with Gasteiger partial charge < -0.3 is 10.4 Å². The molecule has 0 heterocycles. The van der Waals surface area contributed by atoms with Crippen molar-refractivity contribution >= 4 is 5.69 Å². The fourth-order valence-corrected chi connectivity index (χ4v) is 1.71. The molecule has 0 aromatic heterocycles. The van der Waals surface area contributed by atoms with E-state index in [1.54, 1.807) is 12.1 Å². The van der Waals surface area contributed by atoms with Gasteiger partial charge in [-0.1, -0.05) is 19.1 Å². The second-order valence-corrected chi connectivity index (χ2v) is 3.84. The van der Waals surface area contributed by atoms with Crippen LogP contribution < -0.4 is 5.32 Å². The summed E-state index contributed by atoms with van der Waals surface area (Å²) in [7, 11) is 0. The number of benzene rings is 1. The number of rotatable bonds is 7. The molecule has 2 N–H and O–H groups in total. The number of nitro groups is 1. The largest absolute Gasteiger partial charge is 0.396 e. The molecule has 1 aromatic rings. The maximum Gasteiger partial charge on any atom is 0.269 e. The number of nitrogens with zero attached hydrogens (tertiary/aromatic N) is 1. The predicted molar refractivity (Wildman–Crippen MR) is 65.8 cm³/mol. The number of aliphatic hydroxyl groups excluding tert-OH is 1. The van der Waals surface area contributed by atoms with Crippen LogP contribution in [0.25, 0.3) is 0 Å². The van der Waals surface area contributed by atoms with Crippen LogP contribution in [0.5, 0.6) is 0 Å². The molecule has 1 aromatic carbocycles. The molecule has 0 saturated heterocycles. The Hall–Kier alpha value is -1.46. The topological polar surface area (TPSA) is 75.4 Å². The summed E-state index contributed by atoms with van der Waals surface area (Å²) in [6, 6.07) is 6.77. The summed E-state index contributed by atoms with van der Waals surface area (Å²) in [4.78, 5) is 10.3. The number of hydrogen-bond donors (Lipinski definition) is 2. The molecule has 1 rings (SSSR count). The second kappa shape index (κ2) is 6.98. The molecule has 94 valence electrons. The molecule has 1 atom stereocenters. The summed E-state index contributed by atoms with van der Waals surface area (Å²) < 4.78 is 0. The van der Waals surface area contributed by atoms with Crippen LogP contribution >= 0.6 is 0 Å². The Bertz CT molecular complexity index is 369. The third-order valence-corrected chi connectivity index (χ3v) is 2.62. The van der Waals surface area contributed by atoms with Crippen molar-refractivity contribution in [3.8, 4) is 0 Å². The lowest BCUT2D eigenvalue weighted by Crippen LogP contribution is -2.22. The van der Waals surface area contributed by atoms with Crippen LogP contribution in [-0.4, -0.2) is 23.2 Å². The van der Waals surface area contributed by atoms with Crippen molar-refractivity contribution in [3.63, 3.8) is 0 Å². The lowest BCUT2D eigenvalue weighted by Gasteiger charge is -2.16. The highest BCUT2D eigenvalue weighted by atomic mass is 16.6. The third kappa shape index (κ3) is 4.13. The number of nitrogens with one attached hydrogen (secondary N) is 1. The van der Waals surface area contributed by atoms with Crippen molar-refractivity contribution in [2.24, 2.45) is 0 Å². The average molecular weight is 238 g/mol. The Morgan fingerprint density at radius 1 is 1.53 bits per heavy atom. The molecule has 0 spiro atoms. The molecule has 17 heavy (non-hydrogen) atoms. The van der Waals surface area contributed by atoms with E-state index in [4.69, 9.17) is 5.11 Å². The number of hydrogen-bond acceptors (Lipinski definition) is 4. The zero-order valence-corrected chi connectivity index (χ0v) is 9.93. The van der Waals surface area contributed by atoms with Gasteiger partial charge in [-0.15, -0.1) is 0 Å². The molecule has 0 amide bonds. The normalized spacial score (nSPS) is 12.4. The minimum Gasteiger partial charge on any atom is -0.396 e. The SMILES string of the molecule is CCC(NCCCO)c1cccc([N+](=O)[O-])c1. The molecule has 0 aliphatic carbocycles. The summed E-state index contributed by atoms with van der Waals surface area (Å²) >= 11 is 0. The van der Waals surface area contributed by atoms with Crippen molar-refractivity contribution < 1.29 is 10.0 Å². The first-order valence-electron chi connectivity index (χ1n) is 5.77. The standard InChI is InChI=1S/C12H18N2O3/c1-2-12(13-7-4-8-15)10-5-3-6-11(9-10)14(16)17/h3,5-6,9,12-13,15H,2,4,7-8H2,1H3. The molecular weight excluding hydrogens is 220 g/mol. The van der Waals surface area contributed by atoms with Crippen LogP contribution in [0.4, 0.5) is 5.69 Å². The van der Waals surface area contributed by atoms with Crippen molar-refractivity contribution in [3.05, 3.63) is 39.9 Å². The molecule has 0 aliphatic heterocycles. The molecular formula is C12H18N2O3. The highest BCUT2D eigenvalue weighted by molar-refractivity contribution is 5.35. The maximum atomic E-state index is 10.7. The van der Waals surface area contributed by atoms with Gasteiger partial charge in [0.2, 0.25) is 0 Å². The van der Waals surface area contributed by atoms with E-state index in [1.165, 1.54) is 6.07 Å². The number of non-ortho nitro benzene ring substituents is 1. The maximum absolute atomic E-state index is 10.7. The van der Waals surface area contributed by atoms with E-state index in [1.807, 2.05) is 13.0 Å². The third-order valence-electron chi connectivity index (χ3n) is 2.62. The van der Waals surface area contributed by atoms with Crippen molar-refractivity contribution in [2.75, 3.05) is 13.2 Å². The van der Waals surface area contributed by atoms with Gasteiger partial charge in [0, 0.05) is 24.8 Å². The van der Waals surface area contributed by atoms with Crippen molar-refractivity contribution in [2.45, 2.75) is 25.8 Å². The fraction of sp³-hybridized carbons (Fsp3) is 0.500. The van der Waals surface area contributed by atoms with Gasteiger partial charge in [0.25, 0.3) is 5.69 Å². The number of aliphatic hydroxyl groups is 1. The minimum atomic E-state index is -0.385. The van der Waals surface area contributed by atoms with E-state index in [0.29, 0.717) is 13.0 Å². The zero-order chi connectivity index (χ0) is 12.7. The molecule has 0 aliphatic rings. The first-order chi connectivity index (χ1) is 8.19. The van der Waals surface area contributed by atoms with Crippen molar-refractivity contribution in [1.29, 1.82) is 0 Å². The molecule has 1 unspecified atom stereocenters. The van der Waals surface area contributed by atoms with Gasteiger partial charge in [-0.2, -0.15) is 0 Å². The van der Waals surface area contributed by atoms with Crippen LogP contribution in [0.2, 0.25) is 0 Å². The van der Waals surface area contributed by atoms with Gasteiger partial charge in [-0.05, 0) is 24.9 Å². The Balaban J connectivity index is 2.73. The van der Waals surface area contributed by atoms with E-state index in [9.17, 15) is 10.1 Å². The van der Waals surface area contributed by atoms with E-state index in [2.05, 4.69) is 5.32 Å². The smallest absolute Gasteiger partial charge is 0.269 e. The van der Waals surface area contributed by atoms with Crippen LogP contribution in [0.1, 0.15) is 31.4 Å². The lowest BCUT2D eigenvalue weighted by atomic mass is 10.0. The molecule has 5 nitrogen and oxygen atoms in total. The van der Waals surface area contributed by atoms with Gasteiger partial charge in [-0.25, -0.2) is 0 Å². The summed E-state index contributed by atoms with van der Waals surface area (Å²) in [5.74, 6) is 0. The minimum absolute atomic E-state index is 0.0986. The molecule has 0 saturated carbocycles. The second-order valence-electron chi connectivity index (χ2n) is 3.84. The molecule has 0 radical (unpaired) electrons. The van der Waals surface area contributed by atoms with Gasteiger partial charge in [-0.3, -0.25) is 10.1 Å². The molecule has 0 fully saturated rings. The Morgan fingerprint density at radius 3 is 2.88 bits per heavy atom. The van der Waals surface area contributed by atoms with E-state index < -0.39 is 0 Å². The molecule has 0 bridgehead atoms. The fourth-order valence-electron chi connectivity index (χ4n) is 1.71. The van der Waals surface area contributed by atoms with E-state index >= 15 is 0 Å². The van der Waals surface area contributed by atoms with Gasteiger partial charge in [0.1, 0.15) is 0 Å². The Kier molecular flexibility index (Phi) is 5.59. The van der Waals surface area contributed by atoms with Crippen LogP contribution in [0.15, 0.2) is 24.3 Å². The highest BCUT2D eigenvalue weighted by Crippen LogP contribution is 2.21. The highest BCUT2D eigenvalue weighted by Gasteiger charge is 2.12.